The number of non-ortho nitro benzene ring substituents is 1. The van der Waals surface area contributed by atoms with Crippen LogP contribution in [0, 0.1) is 10.1 Å². The van der Waals surface area contributed by atoms with Crippen LogP contribution in [-0.4, -0.2) is 4.92 Å². The molecule has 0 unspecified atom stereocenters. The van der Waals surface area contributed by atoms with E-state index in [9.17, 15) is 28.1 Å². The minimum Gasteiger partial charge on any atom is -0.489 e. The van der Waals surface area contributed by atoms with E-state index in [0.29, 0.717) is 16.3 Å². The fourth-order valence-electron chi connectivity index (χ4n) is 4.03. The van der Waals surface area contributed by atoms with E-state index in [0.717, 1.165) is 0 Å². The van der Waals surface area contributed by atoms with E-state index in [2.05, 4.69) is 0 Å². The third kappa shape index (κ3) is 4.26. The Balaban J connectivity index is 1.58. The molecule has 0 aliphatic rings. The number of fused-ring (bicyclic) bond motifs is 2. The quantitative estimate of drug-likeness (QED) is 0.193. The van der Waals surface area contributed by atoms with Crippen LogP contribution in [0.4, 0.5) is 18.9 Å². The van der Waals surface area contributed by atoms with Gasteiger partial charge in [-0.15, -0.1) is 0 Å². The van der Waals surface area contributed by atoms with E-state index in [-0.39, 0.29) is 34.6 Å². The first kappa shape index (κ1) is 23.1. The minimum absolute atomic E-state index is 0.00789. The molecule has 5 rings (SSSR count). The van der Waals surface area contributed by atoms with Gasteiger partial charge in [-0.1, -0.05) is 42.5 Å². The fourth-order valence-corrected chi connectivity index (χ4v) is 4.03. The second kappa shape index (κ2) is 8.84. The number of nitrogens with zero attached hydrogens (tertiary/aromatic N) is 1. The summed E-state index contributed by atoms with van der Waals surface area (Å²) in [4.78, 5) is 23.6. The van der Waals surface area contributed by atoms with Crippen LogP contribution >= 0.6 is 0 Å². The van der Waals surface area contributed by atoms with Gasteiger partial charge in [0.1, 0.15) is 17.9 Å². The Hall–Kier alpha value is -4.66. The summed E-state index contributed by atoms with van der Waals surface area (Å²) in [5.74, 6) is -1.21. The lowest BCUT2D eigenvalue weighted by Crippen LogP contribution is -2.16. The topological polar surface area (TPSA) is 82.6 Å². The minimum atomic E-state index is -4.92. The molecule has 0 atom stereocenters. The molecule has 5 aromatic rings. The second-order valence-corrected chi connectivity index (χ2v) is 8.03. The van der Waals surface area contributed by atoms with Crippen LogP contribution in [0.3, 0.4) is 0 Å². The molecule has 6 nitrogen and oxygen atoms in total. The molecule has 1 heterocycles. The Bertz CT molecular complexity index is 1670. The first-order valence-electron chi connectivity index (χ1n) is 10.7. The smallest absolute Gasteiger partial charge is 0.450 e. The van der Waals surface area contributed by atoms with Gasteiger partial charge in [0.25, 0.3) is 5.69 Å². The standard InChI is InChI=1S/C27H16F3NO5/c28-27(29,30)26-24(21-7-3-5-17-4-1-2-6-20(17)21)25(32)22-13-12-19(14-23(22)36-26)35-15-16-8-10-18(11-9-16)31(33)34/h1-14H,15H2. The third-order valence-corrected chi connectivity index (χ3v) is 5.73. The van der Waals surface area contributed by atoms with E-state index in [4.69, 9.17) is 9.15 Å². The third-order valence-electron chi connectivity index (χ3n) is 5.73. The molecule has 180 valence electrons. The van der Waals surface area contributed by atoms with Crippen LogP contribution in [0.25, 0.3) is 32.9 Å². The Morgan fingerprint density at radius 3 is 2.33 bits per heavy atom. The zero-order valence-corrected chi connectivity index (χ0v) is 18.4. The summed E-state index contributed by atoms with van der Waals surface area (Å²) >= 11 is 0. The van der Waals surface area contributed by atoms with Gasteiger partial charge in [0.05, 0.1) is 15.9 Å². The predicted molar refractivity (Wildman–Crippen MR) is 128 cm³/mol. The largest absolute Gasteiger partial charge is 0.489 e. The molecule has 4 aromatic carbocycles. The van der Waals surface area contributed by atoms with Gasteiger partial charge in [0, 0.05) is 18.2 Å². The van der Waals surface area contributed by atoms with E-state index in [1.165, 1.54) is 48.5 Å². The molecule has 0 saturated heterocycles. The van der Waals surface area contributed by atoms with Gasteiger partial charge >= 0.3 is 6.18 Å². The van der Waals surface area contributed by atoms with E-state index < -0.39 is 27.9 Å². The lowest BCUT2D eigenvalue weighted by Gasteiger charge is -2.15. The van der Waals surface area contributed by atoms with E-state index in [1.54, 1.807) is 36.4 Å². The number of rotatable bonds is 5. The number of halogens is 3. The Labute approximate surface area is 201 Å². The summed E-state index contributed by atoms with van der Waals surface area (Å²) in [6.45, 7) is 0.00789. The molecular weight excluding hydrogens is 475 g/mol. The van der Waals surface area contributed by atoms with Gasteiger partial charge in [-0.05, 0) is 46.2 Å². The Kier molecular flexibility index (Phi) is 5.68. The van der Waals surface area contributed by atoms with Crippen molar-refractivity contribution in [1.29, 1.82) is 0 Å². The maximum absolute atomic E-state index is 14.1. The monoisotopic (exact) mass is 491 g/mol. The molecule has 0 spiro atoms. The molecule has 0 saturated carbocycles. The van der Waals surface area contributed by atoms with Crippen LogP contribution < -0.4 is 10.2 Å². The number of nitro groups is 1. The summed E-state index contributed by atoms with van der Waals surface area (Å²) in [6, 6.07) is 21.4. The number of hydrogen-bond acceptors (Lipinski definition) is 5. The predicted octanol–water partition coefficient (Wildman–Crippen LogP) is 7.12. The molecule has 1 aromatic heterocycles. The zero-order chi connectivity index (χ0) is 25.4. The summed E-state index contributed by atoms with van der Waals surface area (Å²) in [5, 5.41) is 12.0. The molecule has 0 radical (unpaired) electrons. The average molecular weight is 491 g/mol. The highest BCUT2D eigenvalue weighted by Crippen LogP contribution is 2.39. The Morgan fingerprint density at radius 1 is 0.889 bits per heavy atom. The molecule has 0 bridgehead atoms. The first-order valence-corrected chi connectivity index (χ1v) is 10.7. The maximum atomic E-state index is 14.1. The molecule has 0 amide bonds. The zero-order valence-electron chi connectivity index (χ0n) is 18.4. The van der Waals surface area contributed by atoms with Crippen LogP contribution in [0.5, 0.6) is 5.75 Å². The van der Waals surface area contributed by atoms with Crippen molar-refractivity contribution < 1.29 is 27.2 Å². The normalized spacial score (nSPS) is 11.6. The van der Waals surface area contributed by atoms with Gasteiger partial charge in [-0.2, -0.15) is 13.2 Å². The molecule has 0 aliphatic carbocycles. The van der Waals surface area contributed by atoms with Gasteiger partial charge in [0.2, 0.25) is 11.2 Å². The van der Waals surface area contributed by atoms with Crippen molar-refractivity contribution in [2.75, 3.05) is 0 Å². The number of hydrogen-bond donors (Lipinski definition) is 0. The maximum Gasteiger partial charge on any atom is 0.450 e. The van der Waals surface area contributed by atoms with E-state index >= 15 is 0 Å². The highest BCUT2D eigenvalue weighted by atomic mass is 19.4. The van der Waals surface area contributed by atoms with Gasteiger partial charge in [0.15, 0.2) is 0 Å². The SMILES string of the molecule is O=c1c(-c2cccc3ccccc23)c(C(F)(F)F)oc2cc(OCc3ccc([N+](=O)[O-])cc3)ccc12. The number of alkyl halides is 3. The summed E-state index contributed by atoms with van der Waals surface area (Å²) in [6.07, 6.45) is -4.92. The fraction of sp³-hybridized carbons (Fsp3) is 0.0741. The highest BCUT2D eigenvalue weighted by molar-refractivity contribution is 5.98. The van der Waals surface area contributed by atoms with Crippen molar-refractivity contribution in [2.24, 2.45) is 0 Å². The molecule has 9 heteroatoms. The number of benzene rings is 4. The van der Waals surface area contributed by atoms with Gasteiger partial charge in [-0.3, -0.25) is 14.9 Å². The summed E-state index contributed by atoms with van der Waals surface area (Å²) in [7, 11) is 0. The van der Waals surface area contributed by atoms with Crippen LogP contribution in [0.1, 0.15) is 11.3 Å². The number of ether oxygens (including phenoxy) is 1. The molecular formula is C27H16F3NO5. The molecule has 36 heavy (non-hydrogen) atoms. The van der Waals surface area contributed by atoms with Crippen molar-refractivity contribution in [3.05, 3.63) is 117 Å². The first-order chi connectivity index (χ1) is 17.2. The van der Waals surface area contributed by atoms with Gasteiger partial charge < -0.3 is 9.15 Å². The second-order valence-electron chi connectivity index (χ2n) is 8.03. The van der Waals surface area contributed by atoms with Crippen molar-refractivity contribution in [1.82, 2.24) is 0 Å². The molecule has 0 N–H and O–H groups in total. The van der Waals surface area contributed by atoms with E-state index in [1.807, 2.05) is 0 Å². The van der Waals surface area contributed by atoms with Gasteiger partial charge in [-0.25, -0.2) is 0 Å². The Morgan fingerprint density at radius 2 is 1.61 bits per heavy atom. The number of nitro benzene ring substituents is 1. The summed E-state index contributed by atoms with van der Waals surface area (Å²) in [5.41, 5.74) is -0.947. The highest BCUT2D eigenvalue weighted by Gasteiger charge is 2.39. The van der Waals surface area contributed by atoms with Crippen molar-refractivity contribution in [2.45, 2.75) is 12.8 Å². The van der Waals surface area contributed by atoms with Crippen LogP contribution in [0.2, 0.25) is 0 Å². The molecule has 0 fully saturated rings. The van der Waals surface area contributed by atoms with Crippen molar-refractivity contribution in [3.63, 3.8) is 0 Å². The van der Waals surface area contributed by atoms with Crippen LogP contribution in [-0.2, 0) is 12.8 Å². The molecule has 0 aliphatic heterocycles. The summed E-state index contributed by atoms with van der Waals surface area (Å²) < 4.78 is 53.2. The van der Waals surface area contributed by atoms with Crippen LogP contribution in [0.15, 0.2) is 94.1 Å². The average Bonchev–Trinajstić information content (AvgIpc) is 2.86. The lowest BCUT2D eigenvalue weighted by atomic mass is 9.96. The van der Waals surface area contributed by atoms with Crippen molar-refractivity contribution in [3.8, 4) is 16.9 Å². The van der Waals surface area contributed by atoms with Crippen molar-refractivity contribution >= 4 is 27.4 Å². The lowest BCUT2D eigenvalue weighted by molar-refractivity contribution is -0.384.